The number of allylic oxidation sites excluding steroid dienone is 2. The summed E-state index contributed by atoms with van der Waals surface area (Å²) in [6.07, 6.45) is 11.2. The Balaban J connectivity index is 1.37. The topological polar surface area (TPSA) is 63.2 Å². The SMILES string of the molecule is CCN1C(=O)C2(CC=CC2)c2cc3[nH]c4c(c3cc21)CCCc1cn(COCC[Si](C)(C)C)nc1-4. The lowest BCUT2D eigenvalue weighted by Crippen LogP contribution is -2.38. The number of H-pyrrole nitrogens is 1. The fourth-order valence-corrected chi connectivity index (χ4v) is 6.87. The van der Waals surface area contributed by atoms with Crippen LogP contribution in [-0.4, -0.2) is 41.9 Å². The van der Waals surface area contributed by atoms with Gasteiger partial charge in [0.1, 0.15) is 12.4 Å². The summed E-state index contributed by atoms with van der Waals surface area (Å²) in [6, 6.07) is 5.70. The second-order valence-electron chi connectivity index (χ2n) is 11.6. The highest BCUT2D eigenvalue weighted by Gasteiger charge is 2.50. The first-order valence-corrected chi connectivity index (χ1v) is 16.8. The third-order valence-electron chi connectivity index (χ3n) is 8.07. The van der Waals surface area contributed by atoms with Gasteiger partial charge < -0.3 is 14.6 Å². The first kappa shape index (κ1) is 22.8. The molecule has 7 heteroatoms. The van der Waals surface area contributed by atoms with E-state index in [-0.39, 0.29) is 5.91 Å². The molecule has 2 aromatic heterocycles. The number of anilines is 1. The van der Waals surface area contributed by atoms with E-state index in [1.54, 1.807) is 0 Å². The molecule has 0 bridgehead atoms. The number of aromatic amines is 1. The van der Waals surface area contributed by atoms with Crippen LogP contribution in [0.4, 0.5) is 5.69 Å². The van der Waals surface area contributed by atoms with Crippen LogP contribution in [0.5, 0.6) is 0 Å². The molecule has 2 aliphatic carbocycles. The van der Waals surface area contributed by atoms with E-state index < -0.39 is 13.5 Å². The summed E-state index contributed by atoms with van der Waals surface area (Å²) in [5.74, 6) is 0.258. The number of aryl methyl sites for hydroxylation is 2. The zero-order valence-corrected chi connectivity index (χ0v) is 22.4. The van der Waals surface area contributed by atoms with E-state index >= 15 is 0 Å². The summed E-state index contributed by atoms with van der Waals surface area (Å²) in [5, 5.41) is 6.21. The monoisotopic (exact) mass is 488 g/mol. The Morgan fingerprint density at radius 1 is 1.17 bits per heavy atom. The molecule has 1 spiro atoms. The molecule has 1 N–H and O–H groups in total. The molecule has 0 saturated heterocycles. The molecule has 3 heterocycles. The van der Waals surface area contributed by atoms with E-state index in [9.17, 15) is 4.79 Å². The second-order valence-corrected chi connectivity index (χ2v) is 17.3. The van der Waals surface area contributed by atoms with Crippen molar-refractivity contribution in [2.45, 2.75) is 76.9 Å². The Morgan fingerprint density at radius 3 is 2.71 bits per heavy atom. The van der Waals surface area contributed by atoms with Crippen LogP contribution >= 0.6 is 0 Å². The van der Waals surface area contributed by atoms with E-state index in [0.717, 1.165) is 61.3 Å². The first-order chi connectivity index (χ1) is 16.8. The molecule has 6 nitrogen and oxygen atoms in total. The predicted octanol–water partition coefficient (Wildman–Crippen LogP) is 5.79. The van der Waals surface area contributed by atoms with Gasteiger partial charge in [-0.05, 0) is 73.9 Å². The third kappa shape index (κ3) is 3.62. The van der Waals surface area contributed by atoms with Crippen molar-refractivity contribution in [3.8, 4) is 11.4 Å². The average molecular weight is 489 g/mol. The highest BCUT2D eigenvalue weighted by molar-refractivity contribution is 6.76. The van der Waals surface area contributed by atoms with Gasteiger partial charge in [-0.15, -0.1) is 0 Å². The minimum atomic E-state index is -1.10. The number of ether oxygens (including phenoxy) is 1. The van der Waals surface area contributed by atoms with E-state index in [1.807, 2.05) is 9.58 Å². The smallest absolute Gasteiger partial charge is 0.238 e. The van der Waals surface area contributed by atoms with Crippen molar-refractivity contribution in [3.63, 3.8) is 0 Å². The summed E-state index contributed by atoms with van der Waals surface area (Å²) in [4.78, 5) is 19.2. The summed E-state index contributed by atoms with van der Waals surface area (Å²) in [5.41, 5.74) is 7.81. The number of likely N-dealkylation sites (N-methyl/N-ethyl adjacent to an activating group) is 1. The van der Waals surface area contributed by atoms with Gasteiger partial charge in [0.25, 0.3) is 0 Å². The van der Waals surface area contributed by atoms with Gasteiger partial charge in [0.05, 0.1) is 11.1 Å². The number of benzene rings is 1. The van der Waals surface area contributed by atoms with Crippen molar-refractivity contribution in [3.05, 3.63) is 47.2 Å². The number of aromatic nitrogens is 3. The lowest BCUT2D eigenvalue weighted by Gasteiger charge is -2.22. The molecule has 6 rings (SSSR count). The second kappa shape index (κ2) is 8.20. The minimum Gasteiger partial charge on any atom is -0.360 e. The normalized spacial score (nSPS) is 18.4. The molecular formula is C28H36N4O2Si. The van der Waals surface area contributed by atoms with Gasteiger partial charge in [-0.25, -0.2) is 4.68 Å². The number of rotatable bonds is 6. The number of hydrogen-bond donors (Lipinski definition) is 1. The molecule has 1 amide bonds. The average Bonchev–Trinajstić information content (AvgIpc) is 3.55. The van der Waals surface area contributed by atoms with Crippen molar-refractivity contribution >= 4 is 30.6 Å². The molecule has 3 aromatic rings. The van der Waals surface area contributed by atoms with Crippen LogP contribution in [-0.2, 0) is 34.5 Å². The number of fused-ring (bicyclic) bond motifs is 7. The van der Waals surface area contributed by atoms with Crippen LogP contribution < -0.4 is 4.90 Å². The van der Waals surface area contributed by atoms with Crippen LogP contribution in [0.1, 0.15) is 42.9 Å². The molecule has 0 unspecified atom stereocenters. The van der Waals surface area contributed by atoms with Gasteiger partial charge in [-0.2, -0.15) is 5.10 Å². The molecule has 3 aliphatic rings. The van der Waals surface area contributed by atoms with Crippen molar-refractivity contribution in [1.29, 1.82) is 0 Å². The van der Waals surface area contributed by atoms with Gasteiger partial charge in [-0.3, -0.25) is 4.79 Å². The summed E-state index contributed by atoms with van der Waals surface area (Å²) in [7, 11) is -1.10. The number of amides is 1. The maximum absolute atomic E-state index is 13.4. The number of carbonyl (C=O) groups is 1. The summed E-state index contributed by atoms with van der Waals surface area (Å²) >= 11 is 0. The fraction of sp³-hybridized carbons (Fsp3) is 0.500. The Morgan fingerprint density at radius 2 is 1.97 bits per heavy atom. The maximum atomic E-state index is 13.4. The summed E-state index contributed by atoms with van der Waals surface area (Å²) in [6.45, 7) is 11.2. The molecule has 0 radical (unpaired) electrons. The van der Waals surface area contributed by atoms with Crippen LogP contribution in [0, 0.1) is 0 Å². The predicted molar refractivity (Wildman–Crippen MR) is 144 cm³/mol. The number of nitrogens with zero attached hydrogens (tertiary/aromatic N) is 3. The quantitative estimate of drug-likeness (QED) is 0.271. The molecule has 0 saturated carbocycles. The Hall–Kier alpha value is -2.64. The van der Waals surface area contributed by atoms with Crippen molar-refractivity contribution in [1.82, 2.24) is 14.8 Å². The molecule has 1 aromatic carbocycles. The number of hydrogen-bond acceptors (Lipinski definition) is 3. The van der Waals surface area contributed by atoms with Crippen molar-refractivity contribution < 1.29 is 9.53 Å². The Labute approximate surface area is 208 Å². The van der Waals surface area contributed by atoms with E-state index in [0.29, 0.717) is 13.3 Å². The summed E-state index contributed by atoms with van der Waals surface area (Å²) < 4.78 is 7.94. The Bertz CT molecular complexity index is 1340. The fourth-order valence-electron chi connectivity index (χ4n) is 6.11. The van der Waals surface area contributed by atoms with E-state index in [2.05, 4.69) is 62.0 Å². The number of carbonyl (C=O) groups excluding carboxylic acids is 1. The van der Waals surface area contributed by atoms with Gasteiger partial charge >= 0.3 is 0 Å². The molecule has 0 fully saturated rings. The lowest BCUT2D eigenvalue weighted by molar-refractivity contribution is -0.122. The highest BCUT2D eigenvalue weighted by atomic mass is 28.3. The molecule has 1 aliphatic heterocycles. The standard InChI is InChI=1S/C28H36N4O2Si/c1-5-32-24-15-21-20-10-8-9-19-17-31(18-34-13-14-35(2,3)4)30-25(19)26(20)29-23(21)16-22(24)28(27(32)33)11-6-7-12-28/h6-7,15-17,29H,5,8-14,18H2,1-4H3. The molecule has 184 valence electrons. The number of nitrogens with one attached hydrogen (secondary N) is 1. The van der Waals surface area contributed by atoms with Gasteiger partial charge in [-0.1, -0.05) is 31.8 Å². The maximum Gasteiger partial charge on any atom is 0.238 e. The van der Waals surface area contributed by atoms with Gasteiger partial charge in [0.2, 0.25) is 5.91 Å². The molecule has 35 heavy (non-hydrogen) atoms. The zero-order chi connectivity index (χ0) is 24.4. The highest BCUT2D eigenvalue weighted by Crippen LogP contribution is 2.51. The van der Waals surface area contributed by atoms with Crippen LogP contribution in [0.3, 0.4) is 0 Å². The van der Waals surface area contributed by atoms with Crippen LogP contribution in [0.2, 0.25) is 25.7 Å². The van der Waals surface area contributed by atoms with Crippen molar-refractivity contribution in [2.75, 3.05) is 18.1 Å². The molecular weight excluding hydrogens is 452 g/mol. The third-order valence-corrected chi connectivity index (χ3v) is 9.77. The minimum absolute atomic E-state index is 0.258. The first-order valence-electron chi connectivity index (χ1n) is 13.1. The van der Waals surface area contributed by atoms with E-state index in [1.165, 1.54) is 28.1 Å². The Kier molecular flexibility index (Phi) is 5.34. The van der Waals surface area contributed by atoms with E-state index in [4.69, 9.17) is 9.84 Å². The van der Waals surface area contributed by atoms with Crippen LogP contribution in [0.15, 0.2) is 30.5 Å². The van der Waals surface area contributed by atoms with Crippen LogP contribution in [0.25, 0.3) is 22.3 Å². The van der Waals surface area contributed by atoms with Gasteiger partial charge in [0.15, 0.2) is 0 Å². The van der Waals surface area contributed by atoms with Gasteiger partial charge in [0, 0.05) is 44.0 Å². The van der Waals surface area contributed by atoms with Crippen molar-refractivity contribution in [2.24, 2.45) is 0 Å². The zero-order valence-electron chi connectivity index (χ0n) is 21.4. The molecule has 0 atom stereocenters. The largest absolute Gasteiger partial charge is 0.360 e. The lowest BCUT2D eigenvalue weighted by atomic mass is 9.79.